The summed E-state index contributed by atoms with van der Waals surface area (Å²) >= 11 is 0. The quantitative estimate of drug-likeness (QED) is 0.453. The van der Waals surface area contributed by atoms with E-state index in [2.05, 4.69) is 25.7 Å². The molecule has 172 valence electrons. The van der Waals surface area contributed by atoms with E-state index in [4.69, 9.17) is 4.74 Å². The zero-order valence-electron chi connectivity index (χ0n) is 19.9. The predicted molar refractivity (Wildman–Crippen MR) is 126 cm³/mol. The lowest BCUT2D eigenvalue weighted by atomic mass is 9.44. The lowest BCUT2D eigenvalue weighted by Crippen LogP contribution is -2.56. The first-order valence-corrected chi connectivity index (χ1v) is 12.7. The Bertz CT molecular complexity index is 929. The van der Waals surface area contributed by atoms with E-state index in [-0.39, 0.29) is 17.5 Å². The van der Waals surface area contributed by atoms with Gasteiger partial charge in [-0.2, -0.15) is 0 Å². The van der Waals surface area contributed by atoms with E-state index < -0.39 is 5.60 Å². The highest BCUT2D eigenvalue weighted by atomic mass is 16.5. The molecule has 0 heterocycles. The first kappa shape index (κ1) is 22.0. The minimum atomic E-state index is -0.886. The summed E-state index contributed by atoms with van der Waals surface area (Å²) in [6, 6.07) is 10.1. The van der Waals surface area contributed by atoms with E-state index >= 15 is 0 Å². The molecule has 3 heteroatoms. The maximum Gasteiger partial charge on any atom is 0.302 e. The Morgan fingerprint density at radius 3 is 2.50 bits per heavy atom. The zero-order valence-corrected chi connectivity index (χ0v) is 19.9. The van der Waals surface area contributed by atoms with Crippen LogP contribution in [-0.2, 0) is 9.53 Å². The average Bonchev–Trinajstić information content (AvgIpc) is 3.04. The van der Waals surface area contributed by atoms with Gasteiger partial charge in [0.2, 0.25) is 0 Å². The Balaban J connectivity index is 1.36. The minimum absolute atomic E-state index is 0.112. The maximum atomic E-state index is 11.8. The number of carbonyl (C=O) groups excluding carboxylic acids is 1. The van der Waals surface area contributed by atoms with Crippen LogP contribution in [0.2, 0.25) is 0 Å². The summed E-state index contributed by atoms with van der Waals surface area (Å²) in [6.07, 6.45) is 9.94. The van der Waals surface area contributed by atoms with E-state index in [1.54, 1.807) is 0 Å². The molecule has 4 aliphatic carbocycles. The van der Waals surface area contributed by atoms with Crippen molar-refractivity contribution in [3.8, 4) is 11.8 Å². The number of aliphatic hydroxyl groups is 1. The largest absolute Gasteiger partial charge is 0.463 e. The summed E-state index contributed by atoms with van der Waals surface area (Å²) in [7, 11) is 0. The van der Waals surface area contributed by atoms with Crippen LogP contribution in [-0.4, -0.2) is 22.8 Å². The van der Waals surface area contributed by atoms with Crippen LogP contribution >= 0.6 is 0 Å². The second-order valence-electron chi connectivity index (χ2n) is 11.6. The van der Waals surface area contributed by atoms with Crippen molar-refractivity contribution in [3.63, 3.8) is 0 Å². The van der Waals surface area contributed by atoms with Gasteiger partial charge in [-0.05, 0) is 99.0 Å². The summed E-state index contributed by atoms with van der Waals surface area (Å²) < 4.78 is 5.61. The Morgan fingerprint density at radius 1 is 1.00 bits per heavy atom. The van der Waals surface area contributed by atoms with Crippen LogP contribution in [0, 0.1) is 46.3 Å². The van der Waals surface area contributed by atoms with Gasteiger partial charge in [-0.25, -0.2) is 0 Å². The van der Waals surface area contributed by atoms with E-state index in [0.29, 0.717) is 23.2 Å². The van der Waals surface area contributed by atoms with Crippen LogP contribution in [0.25, 0.3) is 0 Å². The Hall–Kier alpha value is -1.79. The van der Waals surface area contributed by atoms with Crippen molar-refractivity contribution in [1.29, 1.82) is 0 Å². The van der Waals surface area contributed by atoms with Gasteiger partial charge in [0.25, 0.3) is 0 Å². The van der Waals surface area contributed by atoms with Crippen molar-refractivity contribution in [2.75, 3.05) is 0 Å². The lowest BCUT2D eigenvalue weighted by Gasteiger charge is -2.61. The van der Waals surface area contributed by atoms with Crippen molar-refractivity contribution in [3.05, 3.63) is 35.9 Å². The molecule has 32 heavy (non-hydrogen) atoms. The topological polar surface area (TPSA) is 46.5 Å². The van der Waals surface area contributed by atoms with Gasteiger partial charge in [-0.3, -0.25) is 4.79 Å². The summed E-state index contributed by atoms with van der Waals surface area (Å²) in [4.78, 5) is 11.5. The number of ether oxygens (including phenoxy) is 1. The molecule has 5 rings (SSSR count). The van der Waals surface area contributed by atoms with E-state index in [0.717, 1.165) is 50.0 Å². The molecule has 0 aliphatic heterocycles. The molecule has 0 spiro atoms. The van der Waals surface area contributed by atoms with Crippen molar-refractivity contribution in [2.24, 2.45) is 34.5 Å². The minimum Gasteiger partial charge on any atom is -0.463 e. The van der Waals surface area contributed by atoms with Gasteiger partial charge < -0.3 is 9.84 Å². The number of hydrogen-bond donors (Lipinski definition) is 1. The normalized spacial score (nSPS) is 44.9. The van der Waals surface area contributed by atoms with Crippen molar-refractivity contribution in [1.82, 2.24) is 0 Å². The molecule has 4 saturated carbocycles. The van der Waals surface area contributed by atoms with Gasteiger partial charge in [0, 0.05) is 17.9 Å². The Labute approximate surface area is 193 Å². The smallest absolute Gasteiger partial charge is 0.302 e. The molecule has 1 aromatic rings. The maximum absolute atomic E-state index is 11.8. The van der Waals surface area contributed by atoms with E-state index in [1.807, 2.05) is 30.3 Å². The summed E-state index contributed by atoms with van der Waals surface area (Å²) in [6.45, 7) is 6.39. The first-order valence-electron chi connectivity index (χ1n) is 12.7. The number of benzene rings is 1. The van der Waals surface area contributed by atoms with Gasteiger partial charge in [0.1, 0.15) is 11.7 Å². The average molecular weight is 435 g/mol. The van der Waals surface area contributed by atoms with Crippen LogP contribution in [0.4, 0.5) is 0 Å². The third-order valence-corrected chi connectivity index (χ3v) is 10.3. The number of fused-ring (bicyclic) bond motifs is 5. The molecule has 0 saturated heterocycles. The Morgan fingerprint density at radius 2 is 1.75 bits per heavy atom. The van der Waals surface area contributed by atoms with Crippen LogP contribution in [0.15, 0.2) is 30.3 Å². The van der Waals surface area contributed by atoms with Gasteiger partial charge in [0.15, 0.2) is 0 Å². The second-order valence-corrected chi connectivity index (χ2v) is 11.6. The molecule has 0 unspecified atom stereocenters. The summed E-state index contributed by atoms with van der Waals surface area (Å²) in [5, 5.41) is 11.8. The van der Waals surface area contributed by atoms with Crippen LogP contribution in [0.1, 0.15) is 84.1 Å². The van der Waals surface area contributed by atoms with Crippen LogP contribution in [0.5, 0.6) is 0 Å². The molecule has 4 fully saturated rings. The molecule has 8 atom stereocenters. The molecular weight excluding hydrogens is 396 g/mol. The fourth-order valence-corrected chi connectivity index (χ4v) is 8.48. The lowest BCUT2D eigenvalue weighted by molar-refractivity contribution is -0.163. The summed E-state index contributed by atoms with van der Waals surface area (Å²) in [5.41, 5.74) is 0.327. The molecule has 1 aromatic carbocycles. The monoisotopic (exact) mass is 434 g/mol. The number of esters is 1. The Kier molecular flexibility index (Phi) is 5.44. The molecule has 3 nitrogen and oxygen atoms in total. The first-order chi connectivity index (χ1) is 15.3. The molecule has 0 bridgehead atoms. The highest BCUT2D eigenvalue weighted by Gasteiger charge is 2.64. The third kappa shape index (κ3) is 3.41. The molecule has 1 N–H and O–H groups in total. The van der Waals surface area contributed by atoms with Crippen molar-refractivity contribution < 1.29 is 14.6 Å². The highest BCUT2D eigenvalue weighted by molar-refractivity contribution is 5.66. The highest BCUT2D eigenvalue weighted by Crippen LogP contribution is 2.68. The van der Waals surface area contributed by atoms with Crippen LogP contribution < -0.4 is 0 Å². The molecular formula is C29H38O3. The number of rotatable bonds is 1. The van der Waals surface area contributed by atoms with Gasteiger partial charge in [0.05, 0.1) is 0 Å². The predicted octanol–water partition coefficient (Wildman–Crippen LogP) is 5.74. The summed E-state index contributed by atoms with van der Waals surface area (Å²) in [5.74, 6) is 9.13. The van der Waals surface area contributed by atoms with Gasteiger partial charge in [-0.15, -0.1) is 0 Å². The fourth-order valence-electron chi connectivity index (χ4n) is 8.48. The second kappa shape index (κ2) is 7.91. The van der Waals surface area contributed by atoms with Gasteiger partial charge >= 0.3 is 5.97 Å². The number of carbonyl (C=O) groups is 1. The van der Waals surface area contributed by atoms with Crippen molar-refractivity contribution >= 4 is 5.97 Å². The standard InChI is InChI=1S/C29H38O3/c1-20(30)32-23-12-15-27(2)22(19-23)9-10-24-25(27)13-16-28(3)26(24)14-18-29(28,31)17-11-21-7-5-4-6-8-21/h4-8,22-26,31H,9-10,12-16,18-19H2,1-3H3/t22-,23-,24+,25+,26-,27+,28+,29+/m1/s1. The zero-order chi connectivity index (χ0) is 22.6. The van der Waals surface area contributed by atoms with E-state index in [1.165, 1.54) is 26.2 Å². The molecule has 0 aromatic heterocycles. The number of hydrogen-bond acceptors (Lipinski definition) is 3. The van der Waals surface area contributed by atoms with E-state index in [9.17, 15) is 9.90 Å². The van der Waals surface area contributed by atoms with Gasteiger partial charge in [-0.1, -0.05) is 43.9 Å². The van der Waals surface area contributed by atoms with Crippen molar-refractivity contribution in [2.45, 2.75) is 90.3 Å². The molecule has 4 aliphatic rings. The fraction of sp³-hybridized carbons (Fsp3) is 0.690. The molecule has 0 amide bonds. The SMILES string of the molecule is CC(=O)O[C@@H]1CC[C@@]2(C)[C@H](CC[C@@H]3[C@H]4CC[C@@](O)(C#Cc5ccccc5)[C@@]4(C)CC[C@@H]32)C1. The van der Waals surface area contributed by atoms with Crippen LogP contribution in [0.3, 0.4) is 0 Å². The third-order valence-electron chi connectivity index (χ3n) is 10.3. The molecule has 0 radical (unpaired) electrons.